The first kappa shape index (κ1) is 21.1. The van der Waals surface area contributed by atoms with Gasteiger partial charge in [0.2, 0.25) is 0 Å². The summed E-state index contributed by atoms with van der Waals surface area (Å²) in [4.78, 5) is 4.35. The number of halogens is 3. The molecule has 1 aromatic carbocycles. The van der Waals surface area contributed by atoms with E-state index < -0.39 is 17.3 Å². The second-order valence-corrected chi connectivity index (χ2v) is 7.00. The molecule has 0 unspecified atom stereocenters. The summed E-state index contributed by atoms with van der Waals surface area (Å²) < 4.78 is 46.0. The minimum atomic E-state index is -4.62. The second kappa shape index (κ2) is 9.65. The van der Waals surface area contributed by atoms with Gasteiger partial charge in [-0.2, -0.15) is 18.4 Å². The first-order valence-corrected chi connectivity index (χ1v) is 9.77. The molecule has 0 bridgehead atoms. The lowest BCUT2D eigenvalue weighted by atomic mass is 10.1. The van der Waals surface area contributed by atoms with Crippen molar-refractivity contribution in [3.05, 3.63) is 41.5 Å². The fourth-order valence-electron chi connectivity index (χ4n) is 2.36. The highest BCUT2D eigenvalue weighted by Crippen LogP contribution is 2.38. The third kappa shape index (κ3) is 5.64. The first-order chi connectivity index (χ1) is 12.9. The molecule has 0 radical (unpaired) electrons. The highest BCUT2D eigenvalue weighted by atomic mass is 32.2. The maximum Gasteiger partial charge on any atom is 0.417 e. The van der Waals surface area contributed by atoms with Crippen LogP contribution in [0.2, 0.25) is 0 Å². The molecule has 1 heterocycles. The number of benzene rings is 1. The van der Waals surface area contributed by atoms with E-state index in [1.165, 1.54) is 11.8 Å². The zero-order valence-electron chi connectivity index (χ0n) is 15.3. The predicted molar refractivity (Wildman–Crippen MR) is 101 cm³/mol. The number of pyridine rings is 1. The Bertz CT molecular complexity index is 799. The maximum absolute atomic E-state index is 13.5. The maximum atomic E-state index is 13.5. The molecule has 144 valence electrons. The fourth-order valence-corrected chi connectivity index (χ4v) is 3.45. The van der Waals surface area contributed by atoms with E-state index in [4.69, 9.17) is 4.74 Å². The van der Waals surface area contributed by atoms with Gasteiger partial charge in [-0.05, 0) is 48.9 Å². The molecule has 0 N–H and O–H groups in total. The van der Waals surface area contributed by atoms with Gasteiger partial charge in [-0.1, -0.05) is 20.3 Å². The van der Waals surface area contributed by atoms with Gasteiger partial charge in [0, 0.05) is 5.56 Å². The van der Waals surface area contributed by atoms with Gasteiger partial charge in [0.1, 0.15) is 16.8 Å². The van der Waals surface area contributed by atoms with Gasteiger partial charge in [-0.3, -0.25) is 0 Å². The molecule has 7 heteroatoms. The van der Waals surface area contributed by atoms with E-state index in [0.717, 1.165) is 25.3 Å². The Balaban J connectivity index is 2.46. The fraction of sp³-hybridized carbons (Fsp3) is 0.400. The van der Waals surface area contributed by atoms with Crippen molar-refractivity contribution >= 4 is 11.8 Å². The minimum absolute atomic E-state index is 0.127. The van der Waals surface area contributed by atoms with Gasteiger partial charge >= 0.3 is 6.18 Å². The molecule has 0 saturated carbocycles. The Morgan fingerprint density at radius 3 is 2.41 bits per heavy atom. The molecule has 1 aromatic heterocycles. The van der Waals surface area contributed by atoms with Gasteiger partial charge < -0.3 is 4.74 Å². The van der Waals surface area contributed by atoms with Crippen LogP contribution >= 0.6 is 11.8 Å². The van der Waals surface area contributed by atoms with Crippen molar-refractivity contribution in [2.24, 2.45) is 0 Å². The predicted octanol–water partition coefficient (Wildman–Crippen LogP) is 6.32. The summed E-state index contributed by atoms with van der Waals surface area (Å²) in [6.07, 6.45) is -1.99. The molecule has 2 aromatic rings. The van der Waals surface area contributed by atoms with Crippen molar-refractivity contribution in [2.75, 3.05) is 12.4 Å². The number of ether oxygens (including phenoxy) is 1. The molecule has 0 amide bonds. The van der Waals surface area contributed by atoms with Gasteiger partial charge in [0.05, 0.1) is 23.4 Å². The molecule has 0 fully saturated rings. The zero-order chi connectivity index (χ0) is 19.9. The summed E-state index contributed by atoms with van der Waals surface area (Å²) >= 11 is 1.19. The van der Waals surface area contributed by atoms with Crippen LogP contribution < -0.4 is 4.74 Å². The number of hydrogen-bond acceptors (Lipinski definition) is 4. The second-order valence-electron chi connectivity index (χ2n) is 5.92. The Morgan fingerprint density at radius 1 is 1.15 bits per heavy atom. The Hall–Kier alpha value is -2.20. The molecule has 27 heavy (non-hydrogen) atoms. The summed E-state index contributed by atoms with van der Waals surface area (Å²) in [6, 6.07) is 9.42. The number of aromatic nitrogens is 1. The Kier molecular flexibility index (Phi) is 7.55. The van der Waals surface area contributed by atoms with Gasteiger partial charge in [0.15, 0.2) is 0 Å². The van der Waals surface area contributed by atoms with E-state index in [1.54, 1.807) is 30.3 Å². The van der Waals surface area contributed by atoms with E-state index >= 15 is 0 Å². The summed E-state index contributed by atoms with van der Waals surface area (Å²) in [6.45, 7) is 4.56. The molecular weight excluding hydrogens is 373 g/mol. The molecular formula is C20H21F3N2OS. The quantitative estimate of drug-likeness (QED) is 0.388. The molecule has 0 aliphatic rings. The molecule has 0 saturated heterocycles. The SMILES string of the molecule is CCCCSc1nc(-c2ccc(OCCC)cc2)cc(C(F)(F)F)c1C#N. The summed E-state index contributed by atoms with van der Waals surface area (Å²) in [5.74, 6) is 1.27. The van der Waals surface area contributed by atoms with Crippen LogP contribution in [0.15, 0.2) is 35.4 Å². The van der Waals surface area contributed by atoms with Crippen molar-refractivity contribution in [1.82, 2.24) is 4.98 Å². The monoisotopic (exact) mass is 394 g/mol. The van der Waals surface area contributed by atoms with Gasteiger partial charge in [-0.25, -0.2) is 4.98 Å². The molecule has 0 aliphatic heterocycles. The van der Waals surface area contributed by atoms with E-state index in [2.05, 4.69) is 4.98 Å². The standard InChI is InChI=1S/C20H21F3N2OS/c1-3-5-11-27-19-16(13-24)17(20(21,22)23)12-18(25-19)14-6-8-15(9-7-14)26-10-4-2/h6-9,12H,3-5,10-11H2,1-2H3. The highest BCUT2D eigenvalue weighted by Gasteiger charge is 2.36. The van der Waals surface area contributed by atoms with Crippen LogP contribution in [-0.2, 0) is 6.18 Å². The summed E-state index contributed by atoms with van der Waals surface area (Å²) in [5.41, 5.74) is -0.607. The summed E-state index contributed by atoms with van der Waals surface area (Å²) in [7, 11) is 0. The molecule has 3 nitrogen and oxygen atoms in total. The van der Waals surface area contributed by atoms with Crippen LogP contribution in [0.5, 0.6) is 5.75 Å². The minimum Gasteiger partial charge on any atom is -0.494 e. The number of alkyl halides is 3. The van der Waals surface area contributed by atoms with Crippen LogP contribution in [0.1, 0.15) is 44.2 Å². The van der Waals surface area contributed by atoms with Crippen molar-refractivity contribution in [3.63, 3.8) is 0 Å². The Morgan fingerprint density at radius 2 is 1.85 bits per heavy atom. The molecule has 2 rings (SSSR count). The van der Waals surface area contributed by atoms with Crippen molar-refractivity contribution in [3.8, 4) is 23.1 Å². The van der Waals surface area contributed by atoms with E-state index in [1.807, 2.05) is 13.8 Å². The van der Waals surface area contributed by atoms with Crippen LogP contribution in [0.3, 0.4) is 0 Å². The highest BCUT2D eigenvalue weighted by molar-refractivity contribution is 7.99. The smallest absolute Gasteiger partial charge is 0.417 e. The lowest BCUT2D eigenvalue weighted by Crippen LogP contribution is -2.10. The Labute approximate surface area is 161 Å². The van der Waals surface area contributed by atoms with E-state index in [-0.39, 0.29) is 10.7 Å². The summed E-state index contributed by atoms with van der Waals surface area (Å²) in [5, 5.41) is 9.41. The number of rotatable bonds is 8. The van der Waals surface area contributed by atoms with E-state index in [9.17, 15) is 18.4 Å². The van der Waals surface area contributed by atoms with Gasteiger partial charge in [0.25, 0.3) is 0 Å². The average molecular weight is 394 g/mol. The lowest BCUT2D eigenvalue weighted by molar-refractivity contribution is -0.138. The van der Waals surface area contributed by atoms with E-state index in [0.29, 0.717) is 23.7 Å². The first-order valence-electron chi connectivity index (χ1n) is 8.79. The number of hydrogen-bond donors (Lipinski definition) is 0. The van der Waals surface area contributed by atoms with Crippen molar-refractivity contribution in [1.29, 1.82) is 5.26 Å². The van der Waals surface area contributed by atoms with Crippen LogP contribution in [0, 0.1) is 11.3 Å². The topological polar surface area (TPSA) is 45.9 Å². The third-order valence-corrected chi connectivity index (χ3v) is 4.82. The lowest BCUT2D eigenvalue weighted by Gasteiger charge is -2.14. The number of nitrogens with zero attached hydrogens (tertiary/aromatic N) is 2. The number of nitriles is 1. The van der Waals surface area contributed by atoms with Crippen molar-refractivity contribution in [2.45, 2.75) is 44.3 Å². The molecule has 0 aliphatic carbocycles. The zero-order valence-corrected chi connectivity index (χ0v) is 16.1. The molecule has 0 spiro atoms. The number of thioether (sulfide) groups is 1. The van der Waals surface area contributed by atoms with Crippen LogP contribution in [0.25, 0.3) is 11.3 Å². The number of unbranched alkanes of at least 4 members (excludes halogenated alkanes) is 1. The third-order valence-electron chi connectivity index (χ3n) is 3.76. The van der Waals surface area contributed by atoms with Gasteiger partial charge in [-0.15, -0.1) is 11.8 Å². The molecule has 0 atom stereocenters. The van der Waals surface area contributed by atoms with Crippen molar-refractivity contribution < 1.29 is 17.9 Å². The largest absolute Gasteiger partial charge is 0.494 e. The normalized spacial score (nSPS) is 11.3. The van der Waals surface area contributed by atoms with Crippen LogP contribution in [0.4, 0.5) is 13.2 Å². The average Bonchev–Trinajstić information content (AvgIpc) is 2.65. The van der Waals surface area contributed by atoms with Crippen LogP contribution in [-0.4, -0.2) is 17.3 Å².